The molecule has 0 spiro atoms. The molecular weight excluding hydrogens is 348 g/mol. The zero-order chi connectivity index (χ0) is 18.4. The van der Waals surface area contributed by atoms with Crippen molar-refractivity contribution in [2.75, 3.05) is 5.32 Å². The number of nitrogens with one attached hydrogen (secondary N) is 2. The van der Waals surface area contributed by atoms with Gasteiger partial charge in [0.05, 0.1) is 12.7 Å². The molecule has 0 saturated heterocycles. The summed E-state index contributed by atoms with van der Waals surface area (Å²) in [6, 6.07) is 12.5. The Morgan fingerprint density at radius 3 is 2.73 bits per heavy atom. The fraction of sp³-hybridized carbons (Fsp3) is 0.211. The number of thiophene rings is 1. The van der Waals surface area contributed by atoms with Crippen LogP contribution in [0.4, 0.5) is 5.82 Å². The smallest absolute Gasteiger partial charge is 0.251 e. The van der Waals surface area contributed by atoms with Gasteiger partial charge in [-0.15, -0.1) is 0 Å². The van der Waals surface area contributed by atoms with Crippen LogP contribution in [0.5, 0.6) is 0 Å². The summed E-state index contributed by atoms with van der Waals surface area (Å²) < 4.78 is 1.74. The highest BCUT2D eigenvalue weighted by atomic mass is 32.1. The van der Waals surface area contributed by atoms with Gasteiger partial charge in [0, 0.05) is 24.1 Å². The molecule has 2 aromatic heterocycles. The maximum Gasteiger partial charge on any atom is 0.251 e. The van der Waals surface area contributed by atoms with Gasteiger partial charge < -0.3 is 10.6 Å². The molecule has 3 aromatic rings. The molecule has 26 heavy (non-hydrogen) atoms. The van der Waals surface area contributed by atoms with Crippen molar-refractivity contribution in [3.63, 3.8) is 0 Å². The molecule has 0 aliphatic carbocycles. The highest BCUT2D eigenvalue weighted by Crippen LogP contribution is 2.13. The van der Waals surface area contributed by atoms with E-state index in [4.69, 9.17) is 0 Å². The quantitative estimate of drug-likeness (QED) is 0.673. The van der Waals surface area contributed by atoms with Crippen LogP contribution < -0.4 is 10.6 Å². The molecule has 1 atom stereocenters. The summed E-state index contributed by atoms with van der Waals surface area (Å²) in [5, 5.41) is 14.0. The van der Waals surface area contributed by atoms with Crippen LogP contribution in [0.15, 0.2) is 59.4 Å². The lowest BCUT2D eigenvalue weighted by Crippen LogP contribution is -2.35. The van der Waals surface area contributed by atoms with Crippen molar-refractivity contribution in [3.05, 3.63) is 70.5 Å². The van der Waals surface area contributed by atoms with E-state index in [2.05, 4.69) is 21.1 Å². The molecule has 0 bridgehead atoms. The number of carbonyl (C=O) groups is 2. The van der Waals surface area contributed by atoms with Gasteiger partial charge in [-0.25, -0.2) is 4.68 Å². The number of rotatable bonds is 7. The molecule has 6 nitrogen and oxygen atoms in total. The molecule has 3 rings (SSSR count). The topological polar surface area (TPSA) is 76.0 Å². The fourth-order valence-corrected chi connectivity index (χ4v) is 3.20. The lowest BCUT2D eigenvalue weighted by molar-refractivity contribution is -0.116. The molecule has 1 unspecified atom stereocenters. The van der Waals surface area contributed by atoms with Crippen molar-refractivity contribution in [1.82, 2.24) is 15.1 Å². The number of anilines is 1. The number of nitrogens with zero attached hydrogens (tertiary/aromatic N) is 2. The molecule has 0 saturated carbocycles. The maximum atomic E-state index is 12.3. The first-order valence-electron chi connectivity index (χ1n) is 8.30. The second kappa shape index (κ2) is 8.44. The molecule has 2 amide bonds. The Morgan fingerprint density at radius 1 is 1.19 bits per heavy atom. The Bertz CT molecular complexity index is 859. The maximum absolute atomic E-state index is 12.3. The summed E-state index contributed by atoms with van der Waals surface area (Å²) in [6.07, 6.45) is 1.84. The van der Waals surface area contributed by atoms with E-state index < -0.39 is 0 Å². The van der Waals surface area contributed by atoms with E-state index in [0.29, 0.717) is 17.9 Å². The minimum Gasteiger partial charge on any atom is -0.349 e. The molecule has 2 N–H and O–H groups in total. The first-order chi connectivity index (χ1) is 12.6. The molecule has 0 aliphatic rings. The molecule has 1 aromatic carbocycles. The van der Waals surface area contributed by atoms with Crippen molar-refractivity contribution >= 4 is 29.0 Å². The largest absolute Gasteiger partial charge is 0.349 e. The van der Waals surface area contributed by atoms with Gasteiger partial charge in [-0.1, -0.05) is 18.2 Å². The van der Waals surface area contributed by atoms with Crippen molar-refractivity contribution in [2.24, 2.45) is 0 Å². The second-order valence-corrected chi connectivity index (χ2v) is 6.78. The van der Waals surface area contributed by atoms with E-state index in [0.717, 1.165) is 5.56 Å². The van der Waals surface area contributed by atoms with Gasteiger partial charge in [-0.3, -0.25) is 9.59 Å². The van der Waals surface area contributed by atoms with Gasteiger partial charge in [-0.05, 0) is 41.4 Å². The van der Waals surface area contributed by atoms with E-state index in [9.17, 15) is 9.59 Å². The van der Waals surface area contributed by atoms with Gasteiger partial charge in [0.15, 0.2) is 0 Å². The predicted octanol–water partition coefficient (Wildman–Crippen LogP) is 3.14. The van der Waals surface area contributed by atoms with Crippen LogP contribution in [0.2, 0.25) is 0 Å². The first-order valence-corrected chi connectivity index (χ1v) is 9.25. The standard InChI is InChI=1S/C19H20N4O2S/c1-14(21-19(25)16-5-3-2-4-6-16)11-18(24)22-17-7-9-20-23(17)12-15-8-10-26-13-15/h2-10,13-14H,11-12H2,1H3,(H,21,25)(H,22,24). The zero-order valence-corrected chi connectivity index (χ0v) is 15.2. The van der Waals surface area contributed by atoms with Gasteiger partial charge in [0.25, 0.3) is 5.91 Å². The summed E-state index contributed by atoms with van der Waals surface area (Å²) in [5.74, 6) is 0.286. The first kappa shape index (κ1) is 17.9. The molecule has 7 heteroatoms. The monoisotopic (exact) mass is 368 g/mol. The Hall–Kier alpha value is -2.93. The lowest BCUT2D eigenvalue weighted by Gasteiger charge is -2.14. The second-order valence-electron chi connectivity index (χ2n) is 6.00. The Balaban J connectivity index is 1.52. The highest BCUT2D eigenvalue weighted by Gasteiger charge is 2.14. The minimum atomic E-state index is -0.282. The average molecular weight is 368 g/mol. The van der Waals surface area contributed by atoms with Gasteiger partial charge in [-0.2, -0.15) is 16.4 Å². The zero-order valence-electron chi connectivity index (χ0n) is 14.4. The van der Waals surface area contributed by atoms with Crippen LogP contribution in [0.25, 0.3) is 0 Å². The van der Waals surface area contributed by atoms with Crippen LogP contribution in [0.3, 0.4) is 0 Å². The van der Waals surface area contributed by atoms with E-state index in [1.807, 2.05) is 24.4 Å². The molecule has 0 radical (unpaired) electrons. The SMILES string of the molecule is CC(CC(=O)Nc1ccnn1Cc1ccsc1)NC(=O)c1ccccc1. The van der Waals surface area contributed by atoms with Gasteiger partial charge in [0.1, 0.15) is 5.82 Å². The number of aromatic nitrogens is 2. The molecule has 0 fully saturated rings. The lowest BCUT2D eigenvalue weighted by atomic mass is 10.1. The molecule has 0 aliphatic heterocycles. The summed E-state index contributed by atoms with van der Waals surface area (Å²) >= 11 is 1.62. The van der Waals surface area contributed by atoms with Crippen molar-refractivity contribution in [1.29, 1.82) is 0 Å². The number of amides is 2. The van der Waals surface area contributed by atoms with Crippen molar-refractivity contribution < 1.29 is 9.59 Å². The third-order valence-corrected chi connectivity index (χ3v) is 4.53. The van der Waals surface area contributed by atoms with E-state index in [-0.39, 0.29) is 24.3 Å². The number of hydrogen-bond acceptors (Lipinski definition) is 4. The highest BCUT2D eigenvalue weighted by molar-refractivity contribution is 7.07. The summed E-state index contributed by atoms with van der Waals surface area (Å²) in [7, 11) is 0. The Kier molecular flexibility index (Phi) is 5.80. The average Bonchev–Trinajstić information content (AvgIpc) is 3.28. The fourth-order valence-electron chi connectivity index (χ4n) is 2.54. The van der Waals surface area contributed by atoms with E-state index in [1.165, 1.54) is 0 Å². The summed E-state index contributed by atoms with van der Waals surface area (Å²) in [4.78, 5) is 24.4. The van der Waals surface area contributed by atoms with Crippen LogP contribution >= 0.6 is 11.3 Å². The van der Waals surface area contributed by atoms with Gasteiger partial charge >= 0.3 is 0 Å². The molecule has 134 valence electrons. The number of carbonyl (C=O) groups excluding carboxylic acids is 2. The molecular formula is C19H20N4O2S. The predicted molar refractivity (Wildman–Crippen MR) is 102 cm³/mol. The van der Waals surface area contributed by atoms with E-state index >= 15 is 0 Å². The van der Waals surface area contributed by atoms with Crippen LogP contribution in [0, 0.1) is 0 Å². The Labute approximate surface area is 155 Å². The normalized spacial score (nSPS) is 11.7. The van der Waals surface area contributed by atoms with E-state index in [1.54, 1.807) is 52.5 Å². The van der Waals surface area contributed by atoms with Crippen LogP contribution in [0.1, 0.15) is 29.3 Å². The van der Waals surface area contributed by atoms with Gasteiger partial charge in [0.2, 0.25) is 5.91 Å². The van der Waals surface area contributed by atoms with Crippen LogP contribution in [-0.4, -0.2) is 27.6 Å². The van der Waals surface area contributed by atoms with Crippen LogP contribution in [-0.2, 0) is 11.3 Å². The minimum absolute atomic E-state index is 0.169. The number of hydrogen-bond donors (Lipinski definition) is 2. The third-order valence-electron chi connectivity index (χ3n) is 3.80. The molecule has 2 heterocycles. The number of benzene rings is 1. The third kappa shape index (κ3) is 4.80. The summed E-state index contributed by atoms with van der Waals surface area (Å²) in [5.41, 5.74) is 1.71. The van der Waals surface area contributed by atoms with Crippen molar-refractivity contribution in [3.8, 4) is 0 Å². The van der Waals surface area contributed by atoms with Crippen molar-refractivity contribution in [2.45, 2.75) is 25.9 Å². The Morgan fingerprint density at radius 2 is 2.00 bits per heavy atom. The summed E-state index contributed by atoms with van der Waals surface area (Å²) in [6.45, 7) is 2.41.